The van der Waals surface area contributed by atoms with Crippen LogP contribution in [0.1, 0.15) is 5.56 Å². The van der Waals surface area contributed by atoms with E-state index in [4.69, 9.17) is 4.74 Å². The average Bonchev–Trinajstić information content (AvgIpc) is 2.65. The minimum atomic E-state index is -0.653. The van der Waals surface area contributed by atoms with Gasteiger partial charge in [-0.15, -0.1) is 0 Å². The topological polar surface area (TPSA) is 105 Å². The molecule has 2 aromatic rings. The fourth-order valence-electron chi connectivity index (χ4n) is 2.15. The maximum Gasteiger partial charge on any atom is 0.271 e. The first-order valence-electron chi connectivity index (χ1n) is 7.76. The fraction of sp³-hybridized carbons (Fsp3) is 0.0526. The molecule has 0 spiro atoms. The number of nitro benzene ring substituents is 1. The average molecular weight is 601 g/mol. The molecule has 142 valence electrons. The first-order chi connectivity index (χ1) is 13.3. The fourth-order valence-corrected chi connectivity index (χ4v) is 4.28. The highest BCUT2D eigenvalue weighted by molar-refractivity contribution is 14.1. The van der Waals surface area contributed by atoms with Gasteiger partial charge >= 0.3 is 0 Å². The summed E-state index contributed by atoms with van der Waals surface area (Å²) in [6, 6.07) is 11.0. The van der Waals surface area contributed by atoms with Crippen LogP contribution < -0.4 is 10.1 Å². The van der Waals surface area contributed by atoms with Gasteiger partial charge in [-0.05, 0) is 75.0 Å². The number of hydrogen-bond donors (Lipinski definition) is 1. The highest BCUT2D eigenvalue weighted by atomic mass is 127. The molecule has 0 saturated carbocycles. The lowest BCUT2D eigenvalue weighted by Crippen LogP contribution is -2.13. The van der Waals surface area contributed by atoms with Crippen LogP contribution in [0.15, 0.2) is 54.6 Å². The number of nitro groups is 1. The van der Waals surface area contributed by atoms with Gasteiger partial charge in [-0.25, -0.2) is 0 Å². The molecule has 7 nitrogen and oxygen atoms in total. The zero-order valence-corrected chi connectivity index (χ0v) is 18.6. The van der Waals surface area contributed by atoms with Crippen LogP contribution in [0.2, 0.25) is 0 Å². The van der Waals surface area contributed by atoms with Crippen LogP contribution in [-0.4, -0.2) is 17.4 Å². The third kappa shape index (κ3) is 5.77. The number of ether oxygens (including phenoxy) is 1. The molecule has 0 heterocycles. The molecule has 0 bridgehead atoms. The van der Waals surface area contributed by atoms with Gasteiger partial charge in [-0.3, -0.25) is 14.9 Å². The first kappa shape index (κ1) is 21.8. The lowest BCUT2D eigenvalue weighted by Gasteiger charge is -2.10. The van der Waals surface area contributed by atoms with Gasteiger partial charge in [0.1, 0.15) is 24.0 Å². The molecule has 9 heteroatoms. The van der Waals surface area contributed by atoms with Crippen LogP contribution in [0.25, 0.3) is 6.08 Å². The Labute approximate surface area is 188 Å². The number of halogens is 2. The van der Waals surface area contributed by atoms with Crippen molar-refractivity contribution in [3.8, 4) is 11.8 Å². The largest absolute Gasteiger partial charge is 0.487 e. The number of nitriles is 1. The molecule has 0 saturated heterocycles. The van der Waals surface area contributed by atoms with Gasteiger partial charge in [0, 0.05) is 17.8 Å². The van der Waals surface area contributed by atoms with E-state index in [1.54, 1.807) is 18.2 Å². The van der Waals surface area contributed by atoms with Gasteiger partial charge in [0.25, 0.3) is 11.6 Å². The van der Waals surface area contributed by atoms with Crippen molar-refractivity contribution < 1.29 is 14.5 Å². The van der Waals surface area contributed by atoms with Crippen LogP contribution in [-0.2, 0) is 4.79 Å². The predicted molar refractivity (Wildman–Crippen MR) is 123 cm³/mol. The lowest BCUT2D eigenvalue weighted by molar-refractivity contribution is -0.384. The van der Waals surface area contributed by atoms with E-state index in [0.29, 0.717) is 17.9 Å². The van der Waals surface area contributed by atoms with Crippen LogP contribution in [0.3, 0.4) is 0 Å². The number of anilines is 1. The molecular formula is C19H13I2N3O4. The summed E-state index contributed by atoms with van der Waals surface area (Å²) in [5, 5.41) is 22.7. The van der Waals surface area contributed by atoms with Crippen LogP contribution in [0, 0.1) is 28.6 Å². The molecule has 2 rings (SSSR count). The van der Waals surface area contributed by atoms with Gasteiger partial charge in [0.2, 0.25) is 0 Å². The second-order valence-electron chi connectivity index (χ2n) is 5.34. The predicted octanol–water partition coefficient (Wildman–Crippen LogP) is 4.91. The molecule has 1 amide bonds. The Balaban J connectivity index is 2.27. The van der Waals surface area contributed by atoms with Gasteiger partial charge in [-0.1, -0.05) is 18.7 Å². The Kier molecular flexibility index (Phi) is 7.94. The van der Waals surface area contributed by atoms with E-state index in [1.165, 1.54) is 30.3 Å². The minimum Gasteiger partial charge on any atom is -0.487 e. The van der Waals surface area contributed by atoms with Gasteiger partial charge in [-0.2, -0.15) is 5.26 Å². The first-order valence-corrected chi connectivity index (χ1v) is 9.91. The number of rotatable bonds is 7. The summed E-state index contributed by atoms with van der Waals surface area (Å²) in [5.41, 5.74) is 0.612. The summed E-state index contributed by atoms with van der Waals surface area (Å²) in [6.45, 7) is 3.99. The number of nitrogens with one attached hydrogen (secondary N) is 1. The number of amides is 1. The smallest absolute Gasteiger partial charge is 0.271 e. The zero-order chi connectivity index (χ0) is 20.7. The number of carbonyl (C=O) groups is 1. The monoisotopic (exact) mass is 601 g/mol. The van der Waals surface area contributed by atoms with Crippen molar-refractivity contribution in [2.45, 2.75) is 0 Å². The second kappa shape index (κ2) is 10.2. The maximum absolute atomic E-state index is 12.4. The Morgan fingerprint density at radius 3 is 2.57 bits per heavy atom. The molecule has 1 N–H and O–H groups in total. The Bertz CT molecular complexity index is 989. The van der Waals surface area contributed by atoms with E-state index in [-0.39, 0.29) is 16.9 Å². The van der Waals surface area contributed by atoms with Crippen molar-refractivity contribution in [1.29, 1.82) is 5.26 Å². The lowest BCUT2D eigenvalue weighted by atomic mass is 10.1. The third-order valence-electron chi connectivity index (χ3n) is 3.36. The van der Waals surface area contributed by atoms with E-state index < -0.39 is 10.8 Å². The van der Waals surface area contributed by atoms with Crippen LogP contribution in [0.5, 0.6) is 5.75 Å². The Morgan fingerprint density at radius 2 is 2.00 bits per heavy atom. The SMILES string of the molecule is C=CCOc1c(I)cc(/C=C(\C#N)C(=O)Nc2cccc([N+](=O)[O-])c2)cc1I. The van der Waals surface area contributed by atoms with Gasteiger partial charge in [0.15, 0.2) is 0 Å². The zero-order valence-electron chi connectivity index (χ0n) is 14.3. The summed E-state index contributed by atoms with van der Waals surface area (Å²) in [4.78, 5) is 22.7. The van der Waals surface area contributed by atoms with E-state index in [2.05, 4.69) is 57.1 Å². The van der Waals surface area contributed by atoms with Crippen molar-refractivity contribution in [1.82, 2.24) is 0 Å². The standard InChI is InChI=1S/C19H13I2N3O4/c1-2-6-28-18-16(20)8-12(9-17(18)21)7-13(11-22)19(25)23-14-4-3-5-15(10-14)24(26)27/h2-5,7-10H,1,6H2,(H,23,25)/b13-7+. The molecule has 0 aromatic heterocycles. The molecule has 0 aliphatic heterocycles. The van der Waals surface area contributed by atoms with Crippen LogP contribution >= 0.6 is 45.2 Å². The van der Waals surface area contributed by atoms with E-state index in [0.717, 1.165) is 7.14 Å². The van der Waals surface area contributed by atoms with Crippen LogP contribution in [0.4, 0.5) is 11.4 Å². The summed E-state index contributed by atoms with van der Waals surface area (Å²) < 4.78 is 7.26. The summed E-state index contributed by atoms with van der Waals surface area (Å²) in [5.74, 6) is 0.0535. The molecule has 0 aliphatic rings. The quantitative estimate of drug-likeness (QED) is 0.121. The molecule has 0 atom stereocenters. The molecule has 28 heavy (non-hydrogen) atoms. The summed E-state index contributed by atoms with van der Waals surface area (Å²) in [6.07, 6.45) is 3.10. The number of non-ortho nitro benzene ring substituents is 1. The highest BCUT2D eigenvalue weighted by Crippen LogP contribution is 2.30. The number of carbonyl (C=O) groups excluding carboxylic acids is 1. The maximum atomic E-state index is 12.4. The van der Waals surface area contributed by atoms with Crippen molar-refractivity contribution in [3.05, 3.63) is 77.4 Å². The number of nitrogens with zero attached hydrogens (tertiary/aromatic N) is 2. The van der Waals surface area contributed by atoms with Crippen molar-refractivity contribution >= 4 is 68.5 Å². The number of benzene rings is 2. The van der Waals surface area contributed by atoms with Crippen molar-refractivity contribution in [2.75, 3.05) is 11.9 Å². The molecular weight excluding hydrogens is 588 g/mol. The van der Waals surface area contributed by atoms with Crippen molar-refractivity contribution in [2.24, 2.45) is 0 Å². The molecule has 0 radical (unpaired) electrons. The molecule has 0 unspecified atom stereocenters. The van der Waals surface area contributed by atoms with Crippen molar-refractivity contribution in [3.63, 3.8) is 0 Å². The Morgan fingerprint density at radius 1 is 1.32 bits per heavy atom. The number of hydrogen-bond acceptors (Lipinski definition) is 5. The highest BCUT2D eigenvalue weighted by Gasteiger charge is 2.14. The van der Waals surface area contributed by atoms with Gasteiger partial charge < -0.3 is 10.1 Å². The third-order valence-corrected chi connectivity index (χ3v) is 4.96. The second-order valence-corrected chi connectivity index (χ2v) is 7.67. The van der Waals surface area contributed by atoms with E-state index in [9.17, 15) is 20.2 Å². The molecule has 2 aromatic carbocycles. The summed E-state index contributed by atoms with van der Waals surface area (Å²) >= 11 is 4.23. The summed E-state index contributed by atoms with van der Waals surface area (Å²) in [7, 11) is 0. The van der Waals surface area contributed by atoms with Gasteiger partial charge in [0.05, 0.1) is 12.1 Å². The molecule has 0 aliphatic carbocycles. The normalized spacial score (nSPS) is 10.7. The van der Waals surface area contributed by atoms with E-state index >= 15 is 0 Å². The van der Waals surface area contributed by atoms with E-state index in [1.807, 2.05) is 6.07 Å². The minimum absolute atomic E-state index is 0.127. The Hall–Kier alpha value is -2.46. The molecule has 0 fully saturated rings.